The van der Waals surface area contributed by atoms with Gasteiger partial charge in [-0.25, -0.2) is 12.7 Å². The van der Waals surface area contributed by atoms with Crippen molar-refractivity contribution in [1.82, 2.24) is 5.16 Å². The summed E-state index contributed by atoms with van der Waals surface area (Å²) in [6.07, 6.45) is 0. The molecule has 2 heterocycles. The molecular weight excluding hydrogens is 352 g/mol. The Kier molecular flexibility index (Phi) is 3.00. The van der Waals surface area contributed by atoms with Crippen LogP contribution in [0.1, 0.15) is 29.2 Å². The zero-order valence-corrected chi connectivity index (χ0v) is 13.4. The van der Waals surface area contributed by atoms with Crippen molar-refractivity contribution < 1.29 is 30.7 Å². The molecule has 0 aliphatic heterocycles. The highest BCUT2D eigenvalue weighted by Gasteiger charge is 2.33. The number of aryl methyl sites for hydroxylation is 1. The quantitative estimate of drug-likeness (QED) is 0.573. The van der Waals surface area contributed by atoms with Gasteiger partial charge in [-0.3, -0.25) is 4.79 Å². The van der Waals surface area contributed by atoms with Crippen molar-refractivity contribution in [3.63, 3.8) is 0 Å². The smallest absolute Gasteiger partial charge is 0.270 e. The van der Waals surface area contributed by atoms with Crippen molar-refractivity contribution in [2.45, 2.75) is 18.6 Å². The molecule has 0 bridgehead atoms. The number of anilines is 1. The van der Waals surface area contributed by atoms with E-state index in [4.69, 9.17) is 29.1 Å². The second-order valence-corrected chi connectivity index (χ2v) is 6.96. The Morgan fingerprint density at radius 2 is 2.36 bits per heavy atom. The molecule has 0 saturated heterocycles. The van der Waals surface area contributed by atoms with E-state index in [-0.39, 0.29) is 4.88 Å². The van der Waals surface area contributed by atoms with E-state index < -0.39 is 57.7 Å². The number of sulfonamides is 1. The van der Waals surface area contributed by atoms with Gasteiger partial charge in [-0.15, -0.1) is 11.3 Å². The van der Waals surface area contributed by atoms with Crippen LogP contribution in [0.3, 0.4) is 0 Å². The first-order chi connectivity index (χ1) is 12.7. The number of thiophene rings is 1. The molecule has 7 nitrogen and oxygen atoms in total. The average Bonchev–Trinajstić information content (AvgIpc) is 3.18. The lowest BCUT2D eigenvalue weighted by Gasteiger charge is -2.20. The van der Waals surface area contributed by atoms with Gasteiger partial charge in [0.2, 0.25) is 5.88 Å². The van der Waals surface area contributed by atoms with Crippen molar-refractivity contribution in [2.24, 2.45) is 0 Å². The van der Waals surface area contributed by atoms with Gasteiger partial charge in [0.1, 0.15) is 16.5 Å². The molecule has 2 rings (SSSR count). The molecule has 2 aromatic rings. The van der Waals surface area contributed by atoms with Crippen molar-refractivity contribution in [3.8, 4) is 0 Å². The molecule has 0 aliphatic rings. The molecule has 120 valence electrons. The van der Waals surface area contributed by atoms with Crippen LogP contribution in [0.4, 0.5) is 5.88 Å². The first-order valence-electron chi connectivity index (χ1n) is 8.52. The molecule has 0 N–H and O–H groups in total. The topological polar surface area (TPSA) is 89.7 Å². The first-order valence-corrected chi connectivity index (χ1v) is 8.22. The second kappa shape index (κ2) is 6.37. The maximum absolute atomic E-state index is 13.1. The summed E-state index contributed by atoms with van der Waals surface area (Å²) in [5, 5.41) is 3.52. The summed E-state index contributed by atoms with van der Waals surface area (Å²) >= 11 is 6.17. The zero-order chi connectivity index (χ0) is 21.5. The minimum Gasteiger partial charge on any atom is -0.363 e. The number of nitrogens with zero attached hydrogens (tertiary/aromatic N) is 2. The maximum atomic E-state index is 13.1. The Balaban J connectivity index is 2.76. The molecule has 0 fully saturated rings. The van der Waals surface area contributed by atoms with Gasteiger partial charge in [0, 0.05) is 20.9 Å². The molecule has 22 heavy (non-hydrogen) atoms. The van der Waals surface area contributed by atoms with E-state index in [0.717, 1.165) is 24.5 Å². The number of ether oxygens (including phenoxy) is 1. The van der Waals surface area contributed by atoms with E-state index in [0.29, 0.717) is 4.31 Å². The lowest BCUT2D eigenvalue weighted by Crippen LogP contribution is -2.33. The summed E-state index contributed by atoms with van der Waals surface area (Å²) in [6.45, 7) is -6.79. The molecule has 0 aliphatic carbocycles. The highest BCUT2D eigenvalue weighted by molar-refractivity contribution is 7.93. The third-order valence-electron chi connectivity index (χ3n) is 2.52. The van der Waals surface area contributed by atoms with Gasteiger partial charge < -0.3 is 9.26 Å². The normalized spacial score (nSPS) is 16.8. The summed E-state index contributed by atoms with van der Waals surface area (Å²) in [4.78, 5) is 10.7. The van der Waals surface area contributed by atoms with Crippen molar-refractivity contribution in [2.75, 3.05) is 18.1 Å². The van der Waals surface area contributed by atoms with Gasteiger partial charge in [0.15, 0.2) is 0 Å². The van der Waals surface area contributed by atoms with E-state index in [1.165, 1.54) is 5.38 Å². The fourth-order valence-electron chi connectivity index (χ4n) is 1.57. The van der Waals surface area contributed by atoms with Gasteiger partial charge in [-0.1, -0.05) is 5.16 Å². The molecule has 0 aromatic carbocycles. The van der Waals surface area contributed by atoms with Crippen LogP contribution >= 0.6 is 22.9 Å². The zero-order valence-electron chi connectivity index (χ0n) is 17.0. The predicted octanol–water partition coefficient (Wildman–Crippen LogP) is 2.53. The van der Waals surface area contributed by atoms with Crippen LogP contribution < -0.4 is 4.31 Å². The monoisotopic (exact) mass is 370 g/mol. The summed E-state index contributed by atoms with van der Waals surface area (Å²) in [5.74, 6) is -0.854. The Hall–Kier alpha value is -1.42. The van der Waals surface area contributed by atoms with Gasteiger partial charge in [0.05, 0.1) is 5.69 Å². The third-order valence-corrected chi connectivity index (χ3v) is 5.61. The van der Waals surface area contributed by atoms with Crippen LogP contribution in [0.5, 0.6) is 0 Å². The van der Waals surface area contributed by atoms with E-state index >= 15 is 0 Å². The van der Waals surface area contributed by atoms with Crippen LogP contribution in [0.2, 0.25) is 0 Å². The molecule has 0 amide bonds. The summed E-state index contributed by atoms with van der Waals surface area (Å²) in [6, 6.07) is 1.09. The number of hydrogen-bond acceptors (Lipinski definition) is 7. The average molecular weight is 371 g/mol. The van der Waals surface area contributed by atoms with Crippen molar-refractivity contribution in [1.29, 1.82) is 0 Å². The molecule has 0 radical (unpaired) electrons. The second-order valence-electron chi connectivity index (χ2n) is 3.87. The fraction of sp³-hybridized carbons (Fsp3) is 0.333. The lowest BCUT2D eigenvalue weighted by molar-refractivity contribution is 0.108. The molecule has 0 unspecified atom stereocenters. The summed E-state index contributed by atoms with van der Waals surface area (Å²) in [5.41, 5.74) is -1.81. The summed E-state index contributed by atoms with van der Waals surface area (Å²) in [7, 11) is -3.49. The maximum Gasteiger partial charge on any atom is 0.270 e. The van der Waals surface area contributed by atoms with E-state index in [9.17, 15) is 13.2 Å². The molecular formula is C12H13ClN2O5S2. The Labute approximate surface area is 144 Å². The number of halogens is 1. The SMILES string of the molecule is [2H]C([2H])([2H])c1noc(N(COC)S(=O)(=O)c2ccsc2C(=O)Cl)c1C([2H])([2H])[2H]. The van der Waals surface area contributed by atoms with Gasteiger partial charge in [0.25, 0.3) is 15.3 Å². The molecule has 10 heteroatoms. The third kappa shape index (κ3) is 2.89. The van der Waals surface area contributed by atoms with E-state index in [2.05, 4.69) is 5.16 Å². The largest absolute Gasteiger partial charge is 0.363 e. The highest BCUT2D eigenvalue weighted by atomic mass is 35.5. The Morgan fingerprint density at radius 3 is 2.95 bits per heavy atom. The molecule has 0 spiro atoms. The van der Waals surface area contributed by atoms with Crippen molar-refractivity contribution >= 4 is 44.1 Å². The number of rotatable bonds is 6. The number of methoxy groups -OCH3 is 1. The summed E-state index contributed by atoms with van der Waals surface area (Å²) < 4.78 is 81.3. The van der Waals surface area contributed by atoms with Crippen LogP contribution in [0.25, 0.3) is 0 Å². The minimum absolute atomic E-state index is 0.311. The first kappa shape index (κ1) is 10.4. The van der Waals surface area contributed by atoms with Gasteiger partial charge >= 0.3 is 0 Å². The highest BCUT2D eigenvalue weighted by Crippen LogP contribution is 2.32. The van der Waals surface area contributed by atoms with Crippen molar-refractivity contribution in [3.05, 3.63) is 27.6 Å². The lowest BCUT2D eigenvalue weighted by atomic mass is 10.3. The predicted molar refractivity (Wildman–Crippen MR) is 82.0 cm³/mol. The molecule has 0 saturated carbocycles. The standard InChI is InChI=1S/C12H13ClN2O5S2/c1-7-8(2)14-20-12(7)15(6-19-3)22(17,18)9-4-5-21-10(9)11(13)16/h4-5H,6H2,1-3H3/i1D3,2D3. The van der Waals surface area contributed by atoms with E-state index in [1.807, 2.05) is 0 Å². The van der Waals surface area contributed by atoms with E-state index in [1.54, 1.807) is 0 Å². The van der Waals surface area contributed by atoms with Gasteiger partial charge in [-0.2, -0.15) is 0 Å². The van der Waals surface area contributed by atoms with Crippen LogP contribution in [-0.2, 0) is 14.8 Å². The number of aromatic nitrogens is 1. The van der Waals surface area contributed by atoms with Crippen LogP contribution in [-0.4, -0.2) is 32.7 Å². The molecule has 2 aromatic heterocycles. The fourth-order valence-corrected chi connectivity index (χ4v) is 4.42. The Morgan fingerprint density at radius 1 is 1.59 bits per heavy atom. The van der Waals surface area contributed by atoms with Gasteiger partial charge in [-0.05, 0) is 36.8 Å². The molecule has 0 atom stereocenters. The number of carbonyl (C=O) groups is 1. The van der Waals surface area contributed by atoms with Crippen LogP contribution in [0, 0.1) is 13.7 Å². The number of carbonyl (C=O) groups excluding carboxylic acids is 1. The Bertz CT molecular complexity index is 982. The number of hydrogen-bond donors (Lipinski definition) is 0. The minimum atomic E-state index is -4.62. The van der Waals surface area contributed by atoms with Crippen LogP contribution in [0.15, 0.2) is 20.9 Å².